The molecule has 0 saturated carbocycles. The molecule has 1 heterocycles. The number of halogens is 2. The Morgan fingerprint density at radius 3 is 2.50 bits per heavy atom. The maximum atomic E-state index is 13.8. The van der Waals surface area contributed by atoms with Crippen LogP contribution in [-0.4, -0.2) is 15.5 Å². The Morgan fingerprint density at radius 1 is 0.967 bits per heavy atom. The lowest BCUT2D eigenvalue weighted by molar-refractivity contribution is -0.121. The van der Waals surface area contributed by atoms with Crippen molar-refractivity contribution in [1.29, 1.82) is 0 Å². The number of aromatic nitrogens is 2. The van der Waals surface area contributed by atoms with Crippen LogP contribution >= 0.6 is 0 Å². The highest BCUT2D eigenvalue weighted by Crippen LogP contribution is 2.20. The second-order valence-electron chi connectivity index (χ2n) is 7.15. The van der Waals surface area contributed by atoms with Crippen molar-refractivity contribution in [2.24, 2.45) is 0 Å². The number of amides is 1. The second kappa shape index (κ2) is 8.86. The van der Waals surface area contributed by atoms with Gasteiger partial charge in [-0.25, -0.2) is 13.8 Å². The Bertz CT molecular complexity index is 1150. The van der Waals surface area contributed by atoms with Gasteiger partial charge in [0.1, 0.15) is 11.6 Å². The van der Waals surface area contributed by atoms with Crippen molar-refractivity contribution in [3.63, 3.8) is 0 Å². The molecule has 0 aliphatic heterocycles. The zero-order chi connectivity index (χ0) is 20.9. The molecule has 4 rings (SSSR count). The maximum absolute atomic E-state index is 13.8. The van der Waals surface area contributed by atoms with Crippen molar-refractivity contribution in [2.75, 3.05) is 0 Å². The van der Waals surface area contributed by atoms with Gasteiger partial charge in [0, 0.05) is 13.0 Å². The highest BCUT2D eigenvalue weighted by Gasteiger charge is 2.17. The van der Waals surface area contributed by atoms with Crippen molar-refractivity contribution in [1.82, 2.24) is 14.9 Å². The number of nitrogens with zero attached hydrogens (tertiary/aromatic N) is 2. The molecule has 4 nitrogen and oxygen atoms in total. The number of aryl methyl sites for hydroxylation is 1. The van der Waals surface area contributed by atoms with Crippen molar-refractivity contribution in [2.45, 2.75) is 25.4 Å². The minimum atomic E-state index is -0.378. The van der Waals surface area contributed by atoms with Gasteiger partial charge in [-0.3, -0.25) is 4.79 Å². The van der Waals surface area contributed by atoms with E-state index >= 15 is 0 Å². The summed E-state index contributed by atoms with van der Waals surface area (Å²) in [5.74, 6) is -0.848. The van der Waals surface area contributed by atoms with Crippen LogP contribution in [0.4, 0.5) is 8.78 Å². The van der Waals surface area contributed by atoms with Crippen LogP contribution in [0.5, 0.6) is 0 Å². The van der Waals surface area contributed by atoms with Crippen LogP contribution < -0.4 is 5.32 Å². The van der Waals surface area contributed by atoms with Gasteiger partial charge in [-0.15, -0.1) is 0 Å². The third-order valence-electron chi connectivity index (χ3n) is 5.09. The summed E-state index contributed by atoms with van der Waals surface area (Å²) in [5, 5.41) is 3.01. The summed E-state index contributed by atoms with van der Waals surface area (Å²) in [6.45, 7) is 0.442. The number of para-hydroxylation sites is 2. The molecule has 152 valence electrons. The molecule has 0 aliphatic rings. The summed E-state index contributed by atoms with van der Waals surface area (Å²) < 4.78 is 29.2. The van der Waals surface area contributed by atoms with Gasteiger partial charge in [-0.1, -0.05) is 42.5 Å². The third-order valence-corrected chi connectivity index (χ3v) is 5.09. The van der Waals surface area contributed by atoms with E-state index in [2.05, 4.69) is 10.3 Å². The first-order chi connectivity index (χ1) is 14.6. The molecule has 1 unspecified atom stereocenters. The van der Waals surface area contributed by atoms with Crippen LogP contribution in [0.3, 0.4) is 0 Å². The normalized spacial score (nSPS) is 12.1. The summed E-state index contributed by atoms with van der Waals surface area (Å²) in [5.41, 5.74) is 3.10. The van der Waals surface area contributed by atoms with Gasteiger partial charge in [0.05, 0.1) is 23.4 Å². The lowest BCUT2D eigenvalue weighted by Gasteiger charge is -2.20. The summed E-state index contributed by atoms with van der Waals surface area (Å²) in [6, 6.07) is 19.9. The number of nitrogens with one attached hydrogen (secondary N) is 1. The van der Waals surface area contributed by atoms with Crippen LogP contribution in [-0.2, 0) is 17.8 Å². The largest absolute Gasteiger partial charge is 0.347 e. The zero-order valence-corrected chi connectivity index (χ0v) is 16.3. The van der Waals surface area contributed by atoms with Crippen LogP contribution in [0, 0.1) is 11.6 Å². The van der Waals surface area contributed by atoms with E-state index in [1.165, 1.54) is 18.2 Å². The number of carbonyl (C=O) groups excluding carboxylic acids is 1. The first-order valence-electron chi connectivity index (χ1n) is 9.78. The molecule has 1 atom stereocenters. The second-order valence-corrected chi connectivity index (χ2v) is 7.15. The monoisotopic (exact) mass is 405 g/mol. The minimum absolute atomic E-state index is 0.156. The number of rotatable bonds is 7. The van der Waals surface area contributed by atoms with E-state index in [4.69, 9.17) is 0 Å². The molecule has 1 N–H and O–H groups in total. The highest BCUT2D eigenvalue weighted by molar-refractivity contribution is 5.77. The molecular formula is C24H21F2N3O. The van der Waals surface area contributed by atoms with E-state index in [1.54, 1.807) is 36.7 Å². The van der Waals surface area contributed by atoms with Gasteiger partial charge in [0.25, 0.3) is 0 Å². The fourth-order valence-electron chi connectivity index (χ4n) is 3.50. The number of benzene rings is 3. The van der Waals surface area contributed by atoms with Crippen LogP contribution in [0.15, 0.2) is 79.1 Å². The molecule has 0 radical (unpaired) electrons. The fourth-order valence-corrected chi connectivity index (χ4v) is 3.50. The van der Waals surface area contributed by atoms with Gasteiger partial charge in [0.15, 0.2) is 0 Å². The van der Waals surface area contributed by atoms with Gasteiger partial charge < -0.3 is 9.88 Å². The smallest absolute Gasteiger partial charge is 0.220 e. The molecule has 1 aromatic heterocycles. The van der Waals surface area contributed by atoms with Crippen LogP contribution in [0.2, 0.25) is 0 Å². The van der Waals surface area contributed by atoms with E-state index in [0.29, 0.717) is 18.5 Å². The Labute approximate surface area is 173 Å². The molecular weight excluding hydrogens is 384 g/mol. The summed E-state index contributed by atoms with van der Waals surface area (Å²) in [7, 11) is 0. The van der Waals surface area contributed by atoms with E-state index in [0.717, 1.165) is 16.6 Å². The fraction of sp³-hybridized carbons (Fsp3) is 0.167. The highest BCUT2D eigenvalue weighted by atomic mass is 19.1. The van der Waals surface area contributed by atoms with Crippen molar-refractivity contribution in [3.8, 4) is 0 Å². The average Bonchev–Trinajstić information content (AvgIpc) is 3.16. The summed E-state index contributed by atoms with van der Waals surface area (Å²) in [4.78, 5) is 17.0. The molecule has 6 heteroatoms. The third kappa shape index (κ3) is 4.54. The molecule has 3 aromatic carbocycles. The number of fused-ring (bicyclic) bond motifs is 1. The van der Waals surface area contributed by atoms with Crippen LogP contribution in [0.1, 0.15) is 23.6 Å². The van der Waals surface area contributed by atoms with E-state index in [-0.39, 0.29) is 30.0 Å². The maximum Gasteiger partial charge on any atom is 0.220 e. The Balaban J connectivity index is 1.52. The molecule has 30 heavy (non-hydrogen) atoms. The van der Waals surface area contributed by atoms with Gasteiger partial charge >= 0.3 is 0 Å². The predicted octanol–water partition coefficient (Wildman–Crippen LogP) is 4.80. The molecule has 0 bridgehead atoms. The Kier molecular flexibility index (Phi) is 5.84. The van der Waals surface area contributed by atoms with E-state index in [9.17, 15) is 13.6 Å². The first-order valence-corrected chi connectivity index (χ1v) is 9.78. The van der Waals surface area contributed by atoms with Gasteiger partial charge in [0.2, 0.25) is 5.91 Å². The number of hydrogen-bond acceptors (Lipinski definition) is 2. The average molecular weight is 405 g/mol. The molecule has 0 aliphatic carbocycles. The lowest BCUT2D eigenvalue weighted by Crippen LogP contribution is -2.31. The molecule has 1 amide bonds. The zero-order valence-electron chi connectivity index (χ0n) is 16.3. The van der Waals surface area contributed by atoms with Gasteiger partial charge in [-0.05, 0) is 47.9 Å². The van der Waals surface area contributed by atoms with E-state index < -0.39 is 0 Å². The summed E-state index contributed by atoms with van der Waals surface area (Å²) >= 11 is 0. The van der Waals surface area contributed by atoms with E-state index in [1.807, 2.05) is 28.8 Å². The number of imidazole rings is 1. The number of carbonyl (C=O) groups is 1. The molecule has 0 fully saturated rings. The lowest BCUT2D eigenvalue weighted by atomic mass is 10.1. The number of hydrogen-bond donors (Lipinski definition) is 1. The van der Waals surface area contributed by atoms with Gasteiger partial charge in [-0.2, -0.15) is 0 Å². The minimum Gasteiger partial charge on any atom is -0.347 e. The quantitative estimate of drug-likeness (QED) is 0.480. The molecule has 4 aromatic rings. The van der Waals surface area contributed by atoms with Crippen molar-refractivity contribution < 1.29 is 13.6 Å². The topological polar surface area (TPSA) is 46.9 Å². The van der Waals surface area contributed by atoms with Crippen LogP contribution in [0.25, 0.3) is 11.0 Å². The Hall–Kier alpha value is -3.54. The molecule has 0 spiro atoms. The Morgan fingerprint density at radius 2 is 1.70 bits per heavy atom. The first kappa shape index (κ1) is 19.8. The predicted molar refractivity (Wildman–Crippen MR) is 112 cm³/mol. The van der Waals surface area contributed by atoms with Crippen molar-refractivity contribution >= 4 is 16.9 Å². The van der Waals surface area contributed by atoms with Crippen molar-refractivity contribution in [3.05, 3.63) is 102 Å². The molecule has 0 saturated heterocycles. The summed E-state index contributed by atoms with van der Waals surface area (Å²) in [6.07, 6.45) is 2.19. The SMILES string of the molecule is O=C(CCc1ccccc1F)NC(Cn1cnc2ccccc21)c1ccc(F)cc1. The standard InChI is InChI=1S/C24H21F2N3O/c25-19-12-9-18(10-13-19)22(15-29-16-27-21-7-3-4-8-23(21)29)28-24(30)14-11-17-5-1-2-6-20(17)26/h1-10,12-13,16,22H,11,14-15H2,(H,28,30).